The van der Waals surface area contributed by atoms with E-state index >= 15 is 0 Å². The lowest BCUT2D eigenvalue weighted by molar-refractivity contribution is 0.809. The van der Waals surface area contributed by atoms with Crippen LogP contribution >= 0.6 is 0 Å². The average Bonchev–Trinajstić information content (AvgIpc) is 3.83. The largest absolute Gasteiger partial charge is 0.378 e. The molecule has 1 spiro atoms. The molecule has 324 valence electrons. The number of anilines is 8. The Labute approximate surface area is 394 Å². The summed E-state index contributed by atoms with van der Waals surface area (Å²) in [5, 5.41) is 4.97. The molecule has 0 saturated heterocycles. The minimum Gasteiger partial charge on any atom is -0.378 e. The number of hydrogen-bond donors (Lipinski definition) is 0. The topological polar surface area (TPSA) is 13.0 Å². The van der Waals surface area contributed by atoms with Gasteiger partial charge in [-0.15, -0.1) is 0 Å². The van der Waals surface area contributed by atoms with Crippen molar-refractivity contribution in [3.8, 4) is 22.3 Å². The molecule has 0 heterocycles. The number of benzene rings is 10. The molecule has 67 heavy (non-hydrogen) atoms. The van der Waals surface area contributed by atoms with Crippen molar-refractivity contribution >= 4 is 67.0 Å². The summed E-state index contributed by atoms with van der Waals surface area (Å²) in [7, 11) is 8.36. The molecule has 2 aliphatic rings. The summed E-state index contributed by atoms with van der Waals surface area (Å²) in [6, 6.07) is 77.6. The average molecular weight is 865 g/mol. The molecule has 0 radical (unpaired) electrons. The summed E-state index contributed by atoms with van der Waals surface area (Å²) in [4.78, 5) is 9.07. The first-order valence-corrected chi connectivity index (χ1v) is 23.3. The van der Waals surface area contributed by atoms with Gasteiger partial charge in [0.15, 0.2) is 0 Å². The van der Waals surface area contributed by atoms with E-state index < -0.39 is 5.41 Å². The van der Waals surface area contributed by atoms with Crippen molar-refractivity contribution in [3.05, 3.63) is 240 Å². The Morgan fingerprint density at radius 1 is 0.299 bits per heavy atom. The lowest BCUT2D eigenvalue weighted by Crippen LogP contribution is -2.26. The number of hydrogen-bond acceptors (Lipinski definition) is 4. The maximum atomic E-state index is 2.40. The van der Waals surface area contributed by atoms with Crippen LogP contribution in [0.2, 0.25) is 0 Å². The van der Waals surface area contributed by atoms with Crippen LogP contribution in [0, 0.1) is 13.8 Å². The van der Waals surface area contributed by atoms with Gasteiger partial charge in [0.25, 0.3) is 0 Å². The van der Waals surface area contributed by atoms with E-state index in [2.05, 4.69) is 268 Å². The molecular weight excluding hydrogens is 813 g/mol. The Bertz CT molecular complexity index is 3390. The van der Waals surface area contributed by atoms with Crippen LogP contribution in [0.5, 0.6) is 0 Å². The van der Waals surface area contributed by atoms with Crippen LogP contribution in [0.25, 0.3) is 43.8 Å². The Morgan fingerprint density at radius 3 is 1.00 bits per heavy atom. The third kappa shape index (κ3) is 6.27. The number of aryl methyl sites for hydroxylation is 2. The van der Waals surface area contributed by atoms with Gasteiger partial charge in [0.1, 0.15) is 0 Å². The quantitative estimate of drug-likeness (QED) is 0.151. The predicted octanol–water partition coefficient (Wildman–Crippen LogP) is 16.0. The van der Waals surface area contributed by atoms with Gasteiger partial charge in [-0.2, -0.15) is 0 Å². The normalized spacial score (nSPS) is 12.7. The monoisotopic (exact) mass is 864 g/mol. The first-order valence-electron chi connectivity index (χ1n) is 23.3. The van der Waals surface area contributed by atoms with Crippen LogP contribution in [0.4, 0.5) is 45.5 Å². The van der Waals surface area contributed by atoms with Gasteiger partial charge in [0.2, 0.25) is 0 Å². The minimum absolute atomic E-state index is 0.544. The highest BCUT2D eigenvalue weighted by Crippen LogP contribution is 2.65. The van der Waals surface area contributed by atoms with Gasteiger partial charge >= 0.3 is 0 Å². The standard InChI is InChI=1S/C63H52N4/c1-41-15-21-47(22-16-41)66(48-23-17-42(2)18-24-48)51-33-37-53-43(39-51)19-35-57-58-36-20-44-40-52(67(49-29-25-45(26-30-49)64(3)4)50-31-27-46(28-32-50)65(5)6)34-38-54(44)62(58)63(61(53)57)59-13-9-7-11-55(59)56-12-8-10-14-60(56)63/h7-40H,1-6H3. The fourth-order valence-electron chi connectivity index (χ4n) is 11.2. The lowest BCUT2D eigenvalue weighted by Gasteiger charge is -2.33. The Morgan fingerprint density at radius 2 is 0.627 bits per heavy atom. The maximum absolute atomic E-state index is 2.40. The van der Waals surface area contributed by atoms with Gasteiger partial charge in [-0.3, -0.25) is 0 Å². The summed E-state index contributed by atoms with van der Waals surface area (Å²) in [6.07, 6.45) is 0. The Hall–Kier alpha value is -8.08. The highest BCUT2D eigenvalue weighted by atomic mass is 15.2. The van der Waals surface area contributed by atoms with Gasteiger partial charge in [-0.05, 0) is 177 Å². The Kier molecular flexibility index (Phi) is 9.37. The van der Waals surface area contributed by atoms with Crippen LogP contribution in [0.15, 0.2) is 206 Å². The molecular formula is C63H52N4. The summed E-state index contributed by atoms with van der Waals surface area (Å²) in [5.41, 5.74) is 21.6. The van der Waals surface area contributed by atoms with Gasteiger partial charge in [0, 0.05) is 73.7 Å². The summed E-state index contributed by atoms with van der Waals surface area (Å²) in [5.74, 6) is 0. The molecule has 0 bridgehead atoms. The fraction of sp³-hybridized carbons (Fsp3) is 0.111. The van der Waals surface area contributed by atoms with Crippen molar-refractivity contribution in [2.24, 2.45) is 0 Å². The van der Waals surface area contributed by atoms with Crippen molar-refractivity contribution < 1.29 is 0 Å². The second kappa shape index (κ2) is 15.5. The molecule has 12 rings (SSSR count). The predicted molar refractivity (Wildman–Crippen MR) is 285 cm³/mol. The fourth-order valence-corrected chi connectivity index (χ4v) is 11.2. The van der Waals surface area contributed by atoms with Crippen molar-refractivity contribution in [2.75, 3.05) is 47.8 Å². The molecule has 10 aromatic carbocycles. The van der Waals surface area contributed by atoms with E-state index in [-0.39, 0.29) is 0 Å². The molecule has 10 aromatic rings. The van der Waals surface area contributed by atoms with Crippen molar-refractivity contribution in [3.63, 3.8) is 0 Å². The van der Waals surface area contributed by atoms with Gasteiger partial charge in [-0.1, -0.05) is 120 Å². The van der Waals surface area contributed by atoms with Gasteiger partial charge in [-0.25, -0.2) is 0 Å². The van der Waals surface area contributed by atoms with E-state index in [1.54, 1.807) is 0 Å². The van der Waals surface area contributed by atoms with Crippen LogP contribution in [-0.4, -0.2) is 28.2 Å². The summed E-state index contributed by atoms with van der Waals surface area (Å²) < 4.78 is 0. The van der Waals surface area contributed by atoms with Crippen molar-refractivity contribution in [2.45, 2.75) is 19.3 Å². The van der Waals surface area contributed by atoms with Crippen LogP contribution in [0.3, 0.4) is 0 Å². The molecule has 4 heteroatoms. The first-order chi connectivity index (χ1) is 32.7. The first kappa shape index (κ1) is 40.4. The lowest BCUT2D eigenvalue weighted by atomic mass is 9.68. The maximum Gasteiger partial charge on any atom is 0.0737 e. The third-order valence-electron chi connectivity index (χ3n) is 14.3. The van der Waals surface area contributed by atoms with Crippen molar-refractivity contribution in [1.29, 1.82) is 0 Å². The van der Waals surface area contributed by atoms with Gasteiger partial charge < -0.3 is 19.6 Å². The number of nitrogens with zero attached hydrogens (tertiary/aromatic N) is 4. The summed E-state index contributed by atoms with van der Waals surface area (Å²) in [6.45, 7) is 4.30. The molecule has 4 nitrogen and oxygen atoms in total. The molecule has 0 unspecified atom stereocenters. The van der Waals surface area contributed by atoms with E-state index in [0.717, 1.165) is 34.1 Å². The van der Waals surface area contributed by atoms with Gasteiger partial charge in [0.05, 0.1) is 5.41 Å². The minimum atomic E-state index is -0.544. The molecule has 0 fully saturated rings. The van der Waals surface area contributed by atoms with Crippen LogP contribution < -0.4 is 19.6 Å². The second-order valence-corrected chi connectivity index (χ2v) is 18.8. The van der Waals surface area contributed by atoms with Crippen LogP contribution in [0.1, 0.15) is 33.4 Å². The number of fused-ring (bicyclic) bond motifs is 14. The van der Waals surface area contributed by atoms with Crippen LogP contribution in [-0.2, 0) is 5.41 Å². The molecule has 2 aliphatic carbocycles. The zero-order valence-corrected chi connectivity index (χ0v) is 38.9. The summed E-state index contributed by atoms with van der Waals surface area (Å²) >= 11 is 0. The molecule has 0 aromatic heterocycles. The SMILES string of the molecule is Cc1ccc(N(c2ccc(C)cc2)c2ccc3c4c(ccc3c2)-c2ccc3cc(N(c5ccc(N(C)C)cc5)c5ccc(N(C)C)cc5)ccc3c2C42c3ccccc3-c3ccccc32)cc1. The Balaban J connectivity index is 1.08. The van der Waals surface area contributed by atoms with E-state index in [1.165, 1.54) is 88.6 Å². The van der Waals surface area contributed by atoms with E-state index in [1.807, 2.05) is 0 Å². The molecule has 0 amide bonds. The smallest absolute Gasteiger partial charge is 0.0737 e. The second-order valence-electron chi connectivity index (χ2n) is 18.8. The van der Waals surface area contributed by atoms with E-state index in [9.17, 15) is 0 Å². The highest BCUT2D eigenvalue weighted by molar-refractivity contribution is 6.10. The molecule has 0 N–H and O–H groups in total. The molecule has 0 aliphatic heterocycles. The van der Waals surface area contributed by atoms with E-state index in [0.29, 0.717) is 0 Å². The van der Waals surface area contributed by atoms with E-state index in [4.69, 9.17) is 0 Å². The zero-order valence-electron chi connectivity index (χ0n) is 38.9. The van der Waals surface area contributed by atoms with Crippen molar-refractivity contribution in [1.82, 2.24) is 0 Å². The third-order valence-corrected chi connectivity index (χ3v) is 14.3. The molecule has 0 saturated carbocycles. The number of rotatable bonds is 8. The zero-order chi connectivity index (χ0) is 45.6. The molecule has 0 atom stereocenters. The highest BCUT2D eigenvalue weighted by Gasteiger charge is 2.53.